The van der Waals surface area contributed by atoms with Crippen LogP contribution in [0.15, 0.2) is 18.2 Å². The highest BCUT2D eigenvalue weighted by atomic mass is 35.5. The number of methoxy groups -OCH3 is 1. The summed E-state index contributed by atoms with van der Waals surface area (Å²) in [4.78, 5) is 22.9. The van der Waals surface area contributed by atoms with Crippen LogP contribution in [0.3, 0.4) is 0 Å². The molecule has 1 aromatic rings. The zero-order valence-electron chi connectivity index (χ0n) is 8.77. The van der Waals surface area contributed by atoms with Crippen LogP contribution in [0, 0.1) is 5.21 Å². The Labute approximate surface area is 102 Å². The lowest BCUT2D eigenvalue weighted by Crippen LogP contribution is -2.50. The Bertz CT molecular complexity index is 491. The zero-order chi connectivity index (χ0) is 12.6. The molecule has 2 rings (SSSR count). The molecule has 1 aromatic carbocycles. The van der Waals surface area contributed by atoms with Crippen LogP contribution in [-0.2, 0) is 14.3 Å². The van der Waals surface area contributed by atoms with E-state index in [9.17, 15) is 14.8 Å². The average molecular weight is 256 g/mol. The Kier molecular flexibility index (Phi) is 2.91. The number of carbonyl (C=O) groups excluding carboxylic acids is 2. The minimum absolute atomic E-state index is 0.132. The first kappa shape index (κ1) is 11.7. The van der Waals surface area contributed by atoms with E-state index in [4.69, 9.17) is 11.6 Å². The molecule has 6 nitrogen and oxygen atoms in total. The Balaban J connectivity index is 2.45. The number of rotatable bonds is 1. The van der Waals surface area contributed by atoms with Crippen molar-refractivity contribution in [2.45, 2.75) is 6.04 Å². The van der Waals surface area contributed by atoms with E-state index in [2.05, 4.69) is 10.1 Å². The zero-order valence-corrected chi connectivity index (χ0v) is 9.52. The van der Waals surface area contributed by atoms with Crippen LogP contribution in [-0.4, -0.2) is 25.0 Å². The maximum atomic E-state index is 11.9. The maximum Gasteiger partial charge on any atom is 0.337 e. The highest BCUT2D eigenvalue weighted by molar-refractivity contribution is 6.31. The van der Waals surface area contributed by atoms with E-state index in [-0.39, 0.29) is 5.69 Å². The fourth-order valence-electron chi connectivity index (χ4n) is 1.55. The second-order valence-corrected chi connectivity index (χ2v) is 3.84. The average Bonchev–Trinajstić information content (AvgIpc) is 2.30. The molecule has 90 valence electrons. The van der Waals surface area contributed by atoms with Gasteiger partial charge >= 0.3 is 5.97 Å². The van der Waals surface area contributed by atoms with Gasteiger partial charge in [-0.15, -0.1) is 0 Å². The summed E-state index contributed by atoms with van der Waals surface area (Å²) in [6.45, 7) is 0. The molecule has 17 heavy (non-hydrogen) atoms. The third kappa shape index (κ3) is 1.92. The van der Waals surface area contributed by atoms with Gasteiger partial charge in [0.1, 0.15) is 0 Å². The van der Waals surface area contributed by atoms with Gasteiger partial charge in [-0.3, -0.25) is 4.79 Å². The molecule has 1 aliphatic rings. The van der Waals surface area contributed by atoms with E-state index in [1.807, 2.05) is 0 Å². The summed E-state index contributed by atoms with van der Waals surface area (Å²) in [5, 5.41) is 15.0. The van der Waals surface area contributed by atoms with Crippen molar-refractivity contribution in [1.82, 2.24) is 0 Å². The van der Waals surface area contributed by atoms with Crippen LogP contribution in [0.2, 0.25) is 5.02 Å². The first-order valence-corrected chi connectivity index (χ1v) is 5.07. The Morgan fingerprint density at radius 1 is 1.59 bits per heavy atom. The molecular weight excluding hydrogens is 248 g/mol. The second-order valence-electron chi connectivity index (χ2n) is 3.40. The van der Waals surface area contributed by atoms with E-state index in [0.717, 1.165) is 7.11 Å². The third-order valence-corrected chi connectivity index (χ3v) is 2.60. The van der Waals surface area contributed by atoms with Gasteiger partial charge in [0, 0.05) is 5.02 Å². The molecule has 0 bridgehead atoms. The molecule has 0 saturated carbocycles. The quantitative estimate of drug-likeness (QED) is 0.601. The second kappa shape index (κ2) is 4.23. The Hall–Kier alpha value is -1.79. The minimum Gasteiger partial charge on any atom is -0.757 e. The number of ether oxygens (including phenoxy) is 1. The molecule has 0 radical (unpaired) electrons. The number of esters is 1. The lowest BCUT2D eigenvalue weighted by atomic mass is 10.1. The SMILES string of the molecule is COC(=O)C1C(=O)Nc2ccc(Cl)cc2N1[O-]. The van der Waals surface area contributed by atoms with E-state index in [1.54, 1.807) is 0 Å². The van der Waals surface area contributed by atoms with E-state index >= 15 is 0 Å². The standard InChI is InChI=1S/C10H8ClN2O4/c1-17-10(15)8-9(14)12-6-3-2-5(11)4-7(6)13(8)16/h2-4,8H,1H3,(H,12,14)/q-1. The number of benzene rings is 1. The molecule has 0 aromatic heterocycles. The first-order valence-electron chi connectivity index (χ1n) is 4.69. The van der Waals surface area contributed by atoms with Crippen LogP contribution in [0.4, 0.5) is 11.4 Å². The van der Waals surface area contributed by atoms with Crippen molar-refractivity contribution in [3.05, 3.63) is 28.4 Å². The highest BCUT2D eigenvalue weighted by Gasteiger charge is 2.34. The number of hydrogen-bond donors (Lipinski definition) is 1. The van der Waals surface area contributed by atoms with Gasteiger partial charge < -0.3 is 20.3 Å². The molecule has 1 N–H and O–H groups in total. The summed E-state index contributed by atoms with van der Waals surface area (Å²) in [6, 6.07) is 2.87. The molecule has 0 spiro atoms. The van der Waals surface area contributed by atoms with Gasteiger partial charge in [0.05, 0.1) is 18.5 Å². The third-order valence-electron chi connectivity index (χ3n) is 2.36. The fourth-order valence-corrected chi connectivity index (χ4v) is 1.72. The van der Waals surface area contributed by atoms with Gasteiger partial charge in [-0.25, -0.2) is 4.79 Å². The number of fused-ring (bicyclic) bond motifs is 1. The van der Waals surface area contributed by atoms with Crippen LogP contribution >= 0.6 is 11.6 Å². The van der Waals surface area contributed by atoms with Crippen molar-refractivity contribution < 1.29 is 14.3 Å². The predicted octanol–water partition coefficient (Wildman–Crippen LogP) is 1.14. The van der Waals surface area contributed by atoms with Crippen molar-refractivity contribution in [3.63, 3.8) is 0 Å². The molecule has 1 amide bonds. The summed E-state index contributed by atoms with van der Waals surface area (Å²) in [5.41, 5.74) is 0.446. The van der Waals surface area contributed by atoms with Gasteiger partial charge in [-0.2, -0.15) is 0 Å². The molecule has 0 fully saturated rings. The maximum absolute atomic E-state index is 11.9. The van der Waals surface area contributed by atoms with Gasteiger partial charge in [-0.1, -0.05) is 11.6 Å². The van der Waals surface area contributed by atoms with Crippen LogP contribution < -0.4 is 10.4 Å². The van der Waals surface area contributed by atoms with E-state index in [0.29, 0.717) is 15.8 Å². The minimum atomic E-state index is -1.54. The molecule has 1 unspecified atom stereocenters. The normalized spacial score (nSPS) is 18.4. The van der Waals surface area contributed by atoms with Crippen molar-refractivity contribution in [2.75, 3.05) is 17.5 Å². The summed E-state index contributed by atoms with van der Waals surface area (Å²) < 4.78 is 4.40. The van der Waals surface area contributed by atoms with Crippen molar-refractivity contribution in [3.8, 4) is 0 Å². The van der Waals surface area contributed by atoms with Gasteiger partial charge in [0.25, 0.3) is 5.91 Å². The summed E-state index contributed by atoms with van der Waals surface area (Å²) in [7, 11) is 1.11. The molecule has 7 heteroatoms. The monoisotopic (exact) mass is 255 g/mol. The lowest BCUT2D eigenvalue weighted by Gasteiger charge is -2.40. The number of carbonyl (C=O) groups is 2. The van der Waals surface area contributed by atoms with Crippen molar-refractivity contribution in [2.24, 2.45) is 0 Å². The number of amides is 1. The largest absolute Gasteiger partial charge is 0.757 e. The summed E-state index contributed by atoms with van der Waals surface area (Å²) >= 11 is 5.75. The number of nitrogens with one attached hydrogen (secondary N) is 1. The number of nitrogens with zero attached hydrogens (tertiary/aromatic N) is 1. The number of hydrogen-bond acceptors (Lipinski definition) is 5. The van der Waals surface area contributed by atoms with E-state index < -0.39 is 17.9 Å². The lowest BCUT2D eigenvalue weighted by molar-refractivity contribution is -0.144. The molecule has 0 aliphatic carbocycles. The van der Waals surface area contributed by atoms with Gasteiger partial charge in [0.2, 0.25) is 0 Å². The topological polar surface area (TPSA) is 81.7 Å². The van der Waals surface area contributed by atoms with Gasteiger partial charge in [0.15, 0.2) is 6.04 Å². The van der Waals surface area contributed by atoms with Crippen molar-refractivity contribution >= 4 is 34.9 Å². The Morgan fingerprint density at radius 2 is 2.29 bits per heavy atom. The van der Waals surface area contributed by atoms with E-state index in [1.165, 1.54) is 18.2 Å². The molecule has 1 atom stereocenters. The summed E-state index contributed by atoms with van der Waals surface area (Å²) in [5.74, 6) is -1.63. The van der Waals surface area contributed by atoms with Crippen LogP contribution in [0.5, 0.6) is 0 Å². The Morgan fingerprint density at radius 3 is 2.94 bits per heavy atom. The molecule has 0 saturated heterocycles. The van der Waals surface area contributed by atoms with Crippen LogP contribution in [0.25, 0.3) is 0 Å². The fraction of sp³-hybridized carbons (Fsp3) is 0.200. The highest BCUT2D eigenvalue weighted by Crippen LogP contribution is 2.33. The number of anilines is 2. The number of hydroxylamine groups is 1. The predicted molar refractivity (Wildman–Crippen MR) is 61.7 cm³/mol. The smallest absolute Gasteiger partial charge is 0.337 e. The summed E-state index contributed by atoms with van der Waals surface area (Å²) in [6.07, 6.45) is 0. The molecule has 1 aliphatic heterocycles. The first-order chi connectivity index (χ1) is 8.04. The molecular formula is C10H8ClN2O4-. The van der Waals surface area contributed by atoms with Crippen molar-refractivity contribution in [1.29, 1.82) is 0 Å². The van der Waals surface area contributed by atoms with Crippen LogP contribution in [0.1, 0.15) is 0 Å². The number of halogens is 1. The molecule has 1 heterocycles. The van der Waals surface area contributed by atoms with Gasteiger partial charge in [-0.05, 0) is 18.2 Å².